The molecule has 10 rings (SSSR count). The molecule has 6 heterocycles. The lowest BCUT2D eigenvalue weighted by atomic mass is 9.75. The number of aromatic nitrogens is 6. The molecule has 4 saturated carbocycles. The van der Waals surface area contributed by atoms with Gasteiger partial charge >= 0.3 is 0 Å². The number of hydrogen-bond donors (Lipinski definition) is 16. The Morgan fingerprint density at radius 1 is 0.445 bits per heavy atom. The molecule has 8 aliphatic rings. The zero-order valence-corrected chi connectivity index (χ0v) is 80.5. The Balaban J connectivity index is 0.697. The number of hydrogen-bond acceptors (Lipinski definition) is 39. The van der Waals surface area contributed by atoms with Crippen LogP contribution in [0.4, 0.5) is 0 Å². The van der Waals surface area contributed by atoms with Crippen LogP contribution in [0.2, 0.25) is 0 Å². The zero-order chi connectivity index (χ0) is 98.8. The average molecular weight is 1960 g/mol. The van der Waals surface area contributed by atoms with E-state index in [2.05, 4.69) is 41.9 Å². The van der Waals surface area contributed by atoms with Crippen LogP contribution in [-0.2, 0) is 136 Å². The summed E-state index contributed by atoms with van der Waals surface area (Å²) < 4.78 is 108. The maximum Gasteiger partial charge on any atom is 0.251 e. The van der Waals surface area contributed by atoms with Crippen LogP contribution in [0, 0.1) is 35.5 Å². The van der Waals surface area contributed by atoms with E-state index in [1.807, 2.05) is 13.8 Å². The van der Waals surface area contributed by atoms with Crippen molar-refractivity contribution >= 4 is 35.4 Å². The fourth-order valence-corrected chi connectivity index (χ4v) is 19.3. The number of nitrogens with zero attached hydrogens (tertiary/aromatic N) is 8. The van der Waals surface area contributed by atoms with Crippen LogP contribution < -0.4 is 32.7 Å². The van der Waals surface area contributed by atoms with Gasteiger partial charge in [-0.2, -0.15) is 0 Å². The van der Waals surface area contributed by atoms with E-state index in [4.69, 9.17) is 92.0 Å². The first kappa shape index (κ1) is 113. The maximum atomic E-state index is 14.6. The van der Waals surface area contributed by atoms with E-state index in [0.29, 0.717) is 63.4 Å². The van der Waals surface area contributed by atoms with Crippen molar-refractivity contribution in [3.8, 4) is 0 Å². The lowest BCUT2D eigenvalue weighted by Crippen LogP contribution is -2.68. The molecule has 4 aliphatic carbocycles. The zero-order valence-electron chi connectivity index (χ0n) is 80.5. The number of carbonyl (C=O) groups excluding carboxylic acids is 6. The lowest BCUT2D eigenvalue weighted by molar-refractivity contribution is -0.338. The molecule has 30 atom stereocenters. The van der Waals surface area contributed by atoms with Gasteiger partial charge in [0.15, 0.2) is 25.2 Å². The highest BCUT2D eigenvalue weighted by molar-refractivity contribution is 5.82. The van der Waals surface area contributed by atoms with Crippen molar-refractivity contribution in [3.05, 3.63) is 23.8 Å². The van der Waals surface area contributed by atoms with Crippen molar-refractivity contribution in [2.75, 3.05) is 147 Å². The summed E-state index contributed by atoms with van der Waals surface area (Å²) in [5.74, 6) is -4.99. The molecule has 784 valence electrons. The van der Waals surface area contributed by atoms with Crippen molar-refractivity contribution in [2.45, 2.75) is 329 Å². The number of ether oxygens (including phenoxy) is 17. The van der Waals surface area contributed by atoms with Gasteiger partial charge in [0.05, 0.1) is 155 Å². The first-order valence-electron chi connectivity index (χ1n) is 49.0. The fraction of sp³-hybridized carbons (Fsp3) is 0.889. The molecule has 4 aliphatic heterocycles. The largest absolute Gasteiger partial charge is 0.394 e. The molecule has 18 N–H and O–H groups in total. The molecule has 0 radical (unpaired) electrons. The summed E-state index contributed by atoms with van der Waals surface area (Å²) in [6.07, 6.45) is -19.1. The van der Waals surface area contributed by atoms with Gasteiger partial charge in [0.1, 0.15) is 122 Å². The van der Waals surface area contributed by atoms with Crippen molar-refractivity contribution in [1.29, 1.82) is 0 Å². The summed E-state index contributed by atoms with van der Waals surface area (Å²) >= 11 is 0. The van der Waals surface area contributed by atoms with Gasteiger partial charge in [-0.25, -0.2) is 9.36 Å². The summed E-state index contributed by atoms with van der Waals surface area (Å²) in [5, 5.41) is 140. The van der Waals surface area contributed by atoms with Crippen LogP contribution in [0.15, 0.2) is 12.4 Å². The molecule has 47 heteroatoms. The molecular weight excluding hydrogens is 1810 g/mol. The molecule has 6 amide bonds. The highest BCUT2D eigenvalue weighted by Gasteiger charge is 2.57. The van der Waals surface area contributed by atoms with Gasteiger partial charge in [0.2, 0.25) is 23.6 Å². The Hall–Kier alpha value is -6.06. The Kier molecular flexibility index (Phi) is 47.8. The highest BCUT2D eigenvalue weighted by atomic mass is 16.8. The van der Waals surface area contributed by atoms with E-state index in [1.54, 1.807) is 28.2 Å². The molecule has 0 bridgehead atoms. The van der Waals surface area contributed by atoms with Crippen LogP contribution in [0.5, 0.6) is 0 Å². The topological polar surface area (TPSA) is 630 Å². The Morgan fingerprint density at radius 3 is 1.15 bits per heavy atom. The second kappa shape index (κ2) is 58.0. The predicted molar refractivity (Wildman–Crippen MR) is 479 cm³/mol. The van der Waals surface area contributed by atoms with Crippen molar-refractivity contribution in [2.24, 2.45) is 47.0 Å². The normalized spacial score (nSPS) is 32.9. The molecule has 18 unspecified atom stereocenters. The van der Waals surface area contributed by atoms with E-state index >= 15 is 0 Å². The Bertz CT molecular complexity index is 3610. The van der Waals surface area contributed by atoms with Gasteiger partial charge in [-0.05, 0) is 76.0 Å². The third-order valence-electron chi connectivity index (χ3n) is 26.8. The molecule has 137 heavy (non-hydrogen) atoms. The van der Waals surface area contributed by atoms with Gasteiger partial charge < -0.3 is 174 Å². The van der Waals surface area contributed by atoms with Crippen molar-refractivity contribution in [3.63, 3.8) is 0 Å². The molecule has 2 aromatic heterocycles. The SMILES string of the molecule is CCC1CC(C(=O)NCCOCCN)C[C@@H](O[C@H]2OC(CO)[C@H](O)C(O[C@@H](CC3CCCCC3)C(=O)N(C)C)C2NC(=O)Cn2cc(COCCOCCOCCOCCOCc3cn(CC(=O)NC4C(O[C@@H](CC5CCCCC5)C(=O)N(C)C)[C@@H](O)C(CO)O[C@H]4O[C@@H]4CC(C(=O)NCCOCCN)CC(CC)C4O[C@@H]4OC(C)[C@@H](O)C(O)C4O)nn3)nn2)C1O[C@@H]1OC(C)[C@@H](O)C(O)C1O. The summed E-state index contributed by atoms with van der Waals surface area (Å²) in [4.78, 5) is 88.4. The van der Waals surface area contributed by atoms with E-state index in [9.17, 15) is 79.8 Å². The predicted octanol–water partition coefficient (Wildman–Crippen LogP) is -4.35. The van der Waals surface area contributed by atoms with Crippen LogP contribution in [0.1, 0.15) is 155 Å². The number of amides is 6. The second-order valence-corrected chi connectivity index (χ2v) is 37.5. The average Bonchev–Trinajstić information content (AvgIpc) is 1.36. The van der Waals surface area contributed by atoms with Gasteiger partial charge in [0, 0.05) is 66.2 Å². The maximum absolute atomic E-state index is 14.6. The summed E-state index contributed by atoms with van der Waals surface area (Å²) in [5.41, 5.74) is 11.9. The smallest absolute Gasteiger partial charge is 0.251 e. The van der Waals surface area contributed by atoms with Crippen LogP contribution in [0.3, 0.4) is 0 Å². The van der Waals surface area contributed by atoms with Gasteiger partial charge in [-0.3, -0.25) is 28.8 Å². The quantitative estimate of drug-likeness (QED) is 0.0278. The monoisotopic (exact) mass is 1960 g/mol. The lowest BCUT2D eigenvalue weighted by Gasteiger charge is -2.49. The van der Waals surface area contributed by atoms with E-state index in [0.717, 1.165) is 64.2 Å². The van der Waals surface area contributed by atoms with E-state index < -0.39 is 233 Å². The third-order valence-corrected chi connectivity index (χ3v) is 26.8. The van der Waals surface area contributed by atoms with Gasteiger partial charge in [0.25, 0.3) is 11.8 Å². The van der Waals surface area contributed by atoms with Crippen LogP contribution in [-0.4, -0.2) is 432 Å². The summed E-state index contributed by atoms with van der Waals surface area (Å²) in [6.45, 7) is 7.88. The first-order chi connectivity index (χ1) is 66.0. The fourth-order valence-electron chi connectivity index (χ4n) is 19.3. The summed E-state index contributed by atoms with van der Waals surface area (Å²) in [7, 11) is 6.35. The minimum absolute atomic E-state index is 0.0137. The summed E-state index contributed by atoms with van der Waals surface area (Å²) in [6, 6.07) is -2.87. The van der Waals surface area contributed by atoms with Gasteiger partial charge in [-0.15, -0.1) is 10.2 Å². The molecule has 8 fully saturated rings. The highest BCUT2D eigenvalue weighted by Crippen LogP contribution is 2.44. The number of carbonyl (C=O) groups is 6. The molecule has 4 saturated heterocycles. The number of aliphatic hydroxyl groups excluding tert-OH is 10. The first-order valence-corrected chi connectivity index (χ1v) is 49.0. The molecule has 0 spiro atoms. The van der Waals surface area contributed by atoms with E-state index in [1.165, 1.54) is 45.4 Å². The number of nitrogens with one attached hydrogen (secondary N) is 4. The molecule has 2 aromatic rings. The third kappa shape index (κ3) is 33.5. The van der Waals surface area contributed by atoms with Crippen molar-refractivity contribution in [1.82, 2.24) is 61.1 Å². The van der Waals surface area contributed by atoms with Crippen LogP contribution in [0.25, 0.3) is 0 Å². The molecule has 47 nitrogen and oxygen atoms in total. The number of aliphatic hydroxyl groups is 10. The Morgan fingerprint density at radius 2 is 0.803 bits per heavy atom. The van der Waals surface area contributed by atoms with E-state index in [-0.39, 0.29) is 142 Å². The Labute approximate surface area is 800 Å². The van der Waals surface area contributed by atoms with Gasteiger partial charge in [-0.1, -0.05) is 101 Å². The van der Waals surface area contributed by atoms with Crippen molar-refractivity contribution < 1.29 is 160 Å². The number of rotatable bonds is 56. The number of nitrogens with two attached hydrogens (primary N) is 2. The standard InChI is InChI=1S/C90H156N14O33/c1-9-55-39-57(83(117)93-23-27-121-25-21-91)41-61(79(55)136-89-77(115)75(113)71(109)51(3)128-89)132-87-69(81(73(111)65(47-105)134-87)130-63(85(119)101(5)6)37-53-17-13-11-14-18-53)95-67(107)45-103-43-59(97-99-103)49-126-35-33-124-31-29-123-30-32-125-34-36-127-50-60-44-104(100-98-60)46-68(108)96-70-82(131-64(86(120)102(7)8)38-54-19-15-12-16-20-54)74(112)66(48-106)135-88(70)133-62-42-58(84(118)94-24-28-122-26-22-92)40-56(10-2)80(62)137-90-78(116)76(114)72(110)52(4)129-90/h43-44,51-58,61-66,69-82,87-90,105-106,109-116H,9-42,45-50,91-92H2,1-8H3,(H,93,117)(H,94,118)(H,95,107)(H,96,108)/t51?,52?,55?,56?,57?,58?,61-,62-,63+,64+,65?,66?,69?,70?,71-,72-,73+,74+,75?,76?,77?,78?,79?,80?,81?,82?,87-,88+,89+,90+/m1/s1. The second-order valence-electron chi connectivity index (χ2n) is 37.5. The molecular formula is C90H156N14O33. The minimum Gasteiger partial charge on any atom is -0.394 e. The minimum atomic E-state index is -1.71. The van der Waals surface area contributed by atoms with Crippen LogP contribution >= 0.6 is 0 Å². The number of likely N-dealkylation sites (N-methyl/N-ethyl adjacent to an activating group) is 2. The molecule has 0 aromatic carbocycles.